The van der Waals surface area contributed by atoms with Crippen LogP contribution in [-0.4, -0.2) is 29.0 Å². The number of carbonyl (C=O) groups excluding carboxylic acids is 1. The lowest BCUT2D eigenvalue weighted by Crippen LogP contribution is -2.29. The van der Waals surface area contributed by atoms with Gasteiger partial charge in [-0.2, -0.15) is 0 Å². The summed E-state index contributed by atoms with van der Waals surface area (Å²) >= 11 is 0. The first-order valence-corrected chi connectivity index (χ1v) is 4.14. The molecule has 0 spiro atoms. The van der Waals surface area contributed by atoms with Crippen LogP contribution in [0.2, 0.25) is 0 Å². The van der Waals surface area contributed by atoms with Crippen molar-refractivity contribution in [2.75, 3.05) is 13.3 Å². The fourth-order valence-corrected chi connectivity index (χ4v) is 0.563. The largest absolute Gasteiger partial charge is 0.470 e. The zero-order chi connectivity index (χ0) is 8.91. The van der Waals surface area contributed by atoms with Crippen molar-refractivity contribution in [2.24, 2.45) is 5.73 Å². The molecule has 11 heavy (non-hydrogen) atoms. The Bertz CT molecular complexity index is 177. The molecule has 0 aliphatic carbocycles. The minimum absolute atomic E-state index is 0.181. The zero-order valence-corrected chi connectivity index (χ0v) is 6.45. The molecule has 0 saturated carbocycles. The average molecular weight is 184 g/mol. The van der Waals surface area contributed by atoms with Crippen LogP contribution in [0.4, 0.5) is 0 Å². The molecule has 0 saturated heterocycles. The summed E-state index contributed by atoms with van der Waals surface area (Å²) in [6.45, 7) is -0.590. The average Bonchev–Trinajstić information content (AvgIpc) is 1.78. The van der Waals surface area contributed by atoms with E-state index in [2.05, 4.69) is 9.84 Å². The third kappa shape index (κ3) is 9.54. The lowest BCUT2D eigenvalue weighted by Gasteiger charge is -2.04. The monoisotopic (exact) mass is 184 g/mol. The van der Waals surface area contributed by atoms with Gasteiger partial charge in [-0.1, -0.05) is 0 Å². The maximum atomic E-state index is 10.0. The van der Waals surface area contributed by atoms with E-state index < -0.39 is 20.5 Å². The number of nitrogens with two attached hydrogens (primary N) is 1. The van der Waals surface area contributed by atoms with E-state index >= 15 is 0 Å². The highest BCUT2D eigenvalue weighted by Crippen LogP contribution is 2.34. The van der Waals surface area contributed by atoms with Crippen molar-refractivity contribution in [3.8, 4) is 0 Å². The van der Waals surface area contributed by atoms with Gasteiger partial charge in [0.05, 0.1) is 6.54 Å². The topological polar surface area (TPSA) is 122 Å². The van der Waals surface area contributed by atoms with Crippen LogP contribution in [0.15, 0.2) is 0 Å². The summed E-state index contributed by atoms with van der Waals surface area (Å²) in [7, 11) is -4.44. The van der Waals surface area contributed by atoms with Crippen LogP contribution in [0.5, 0.6) is 0 Å². The van der Waals surface area contributed by atoms with Crippen molar-refractivity contribution in [1.82, 2.24) is 5.32 Å². The molecular weight excluding hydrogens is 175 g/mol. The summed E-state index contributed by atoms with van der Waals surface area (Å²) in [5.41, 5.74) is 4.69. The number of hydrogen-bond acceptors (Lipinski definition) is 4. The summed E-state index contributed by atoms with van der Waals surface area (Å²) in [4.78, 5) is 26.3. The Hall–Kier alpha value is -0.460. The molecule has 0 aliphatic rings. The number of phosphoric acid groups is 1. The molecule has 0 rings (SSSR count). The molecule has 0 aromatic carbocycles. The number of phosphoric ester groups is 1. The van der Waals surface area contributed by atoms with Gasteiger partial charge >= 0.3 is 7.82 Å². The van der Waals surface area contributed by atoms with E-state index in [0.717, 1.165) is 0 Å². The van der Waals surface area contributed by atoms with Crippen LogP contribution in [0.3, 0.4) is 0 Å². The van der Waals surface area contributed by atoms with E-state index in [4.69, 9.17) is 15.5 Å². The summed E-state index contributed by atoms with van der Waals surface area (Å²) in [5.74, 6) is -0.626. The first kappa shape index (κ1) is 10.5. The van der Waals surface area contributed by atoms with Gasteiger partial charge in [0.15, 0.2) is 0 Å². The highest BCUT2D eigenvalue weighted by atomic mass is 31.2. The Morgan fingerprint density at radius 3 is 2.55 bits per heavy atom. The Kier molecular flexibility index (Phi) is 4.24. The zero-order valence-electron chi connectivity index (χ0n) is 5.56. The summed E-state index contributed by atoms with van der Waals surface area (Å²) in [5, 5.41) is 2.25. The second-order valence-corrected chi connectivity index (χ2v) is 2.90. The van der Waals surface area contributed by atoms with Crippen molar-refractivity contribution in [3.05, 3.63) is 0 Å². The van der Waals surface area contributed by atoms with Crippen molar-refractivity contribution in [1.29, 1.82) is 0 Å². The third-order valence-electron chi connectivity index (χ3n) is 0.634. The summed E-state index contributed by atoms with van der Waals surface area (Å²) in [6.07, 6.45) is 0. The first-order valence-electron chi connectivity index (χ1n) is 2.61. The quantitative estimate of drug-likeness (QED) is 0.225. The minimum atomic E-state index is -4.44. The SMILES string of the molecule is NC(=O)CNCOP(=O)(O)O. The Morgan fingerprint density at radius 1 is 1.64 bits per heavy atom. The molecule has 0 aromatic rings. The number of primary amides is 1. The molecule has 8 heteroatoms. The standard InChI is InChI=1S/C3H9N2O5P/c4-3(6)1-5-2-10-11(7,8)9/h5H,1-2H2,(H2,4,6)(H2,7,8,9). The van der Waals surface area contributed by atoms with Crippen LogP contribution in [-0.2, 0) is 13.9 Å². The van der Waals surface area contributed by atoms with Gasteiger partial charge in [0, 0.05) is 0 Å². The molecule has 0 atom stereocenters. The van der Waals surface area contributed by atoms with Crippen molar-refractivity contribution in [2.45, 2.75) is 0 Å². The predicted molar refractivity (Wildman–Crippen MR) is 35.2 cm³/mol. The second kappa shape index (κ2) is 4.42. The highest BCUT2D eigenvalue weighted by molar-refractivity contribution is 7.46. The van der Waals surface area contributed by atoms with Crippen LogP contribution < -0.4 is 11.1 Å². The van der Waals surface area contributed by atoms with Crippen LogP contribution >= 0.6 is 7.82 Å². The molecule has 5 N–H and O–H groups in total. The van der Waals surface area contributed by atoms with Crippen LogP contribution in [0, 0.1) is 0 Å². The van der Waals surface area contributed by atoms with Gasteiger partial charge in [0.25, 0.3) is 0 Å². The van der Waals surface area contributed by atoms with Crippen LogP contribution in [0.25, 0.3) is 0 Å². The Labute approximate surface area is 62.8 Å². The van der Waals surface area contributed by atoms with E-state index in [1.165, 1.54) is 0 Å². The Morgan fingerprint density at radius 2 is 2.18 bits per heavy atom. The second-order valence-electron chi connectivity index (χ2n) is 1.66. The molecule has 66 valence electrons. The van der Waals surface area contributed by atoms with E-state index in [-0.39, 0.29) is 6.54 Å². The van der Waals surface area contributed by atoms with Gasteiger partial charge in [-0.05, 0) is 0 Å². The molecule has 7 nitrogen and oxygen atoms in total. The van der Waals surface area contributed by atoms with E-state index in [0.29, 0.717) is 0 Å². The van der Waals surface area contributed by atoms with Crippen molar-refractivity contribution in [3.63, 3.8) is 0 Å². The molecule has 0 radical (unpaired) electrons. The molecule has 0 aromatic heterocycles. The minimum Gasteiger partial charge on any atom is -0.369 e. The predicted octanol–water partition coefficient (Wildman–Crippen LogP) is -1.87. The van der Waals surface area contributed by atoms with Gasteiger partial charge < -0.3 is 15.5 Å². The maximum Gasteiger partial charge on any atom is 0.470 e. The maximum absolute atomic E-state index is 10.0. The number of carbonyl (C=O) groups is 1. The fourth-order valence-electron chi connectivity index (χ4n) is 0.304. The normalized spacial score (nSPS) is 11.5. The molecule has 1 amide bonds. The molecule has 0 unspecified atom stereocenters. The number of hydrogen-bond donors (Lipinski definition) is 4. The number of nitrogens with one attached hydrogen (secondary N) is 1. The molecule has 0 bridgehead atoms. The first-order chi connectivity index (χ1) is 4.92. The van der Waals surface area contributed by atoms with Crippen LogP contribution in [0.1, 0.15) is 0 Å². The van der Waals surface area contributed by atoms with Gasteiger partial charge in [0.2, 0.25) is 5.91 Å². The fraction of sp³-hybridized carbons (Fsp3) is 0.667. The van der Waals surface area contributed by atoms with Gasteiger partial charge in [-0.15, -0.1) is 0 Å². The summed E-state index contributed by atoms with van der Waals surface area (Å²) < 4.78 is 13.9. The van der Waals surface area contributed by atoms with Crippen molar-refractivity contribution >= 4 is 13.7 Å². The highest BCUT2D eigenvalue weighted by Gasteiger charge is 2.12. The number of amides is 1. The molecular formula is C3H9N2O5P. The summed E-state index contributed by atoms with van der Waals surface area (Å²) in [6, 6.07) is 0. The van der Waals surface area contributed by atoms with Gasteiger partial charge in [-0.3, -0.25) is 14.6 Å². The number of rotatable bonds is 5. The van der Waals surface area contributed by atoms with Crippen molar-refractivity contribution < 1.29 is 23.7 Å². The van der Waals surface area contributed by atoms with E-state index in [9.17, 15) is 9.36 Å². The lowest BCUT2D eigenvalue weighted by molar-refractivity contribution is -0.117. The molecule has 0 fully saturated rings. The molecule has 0 aliphatic heterocycles. The van der Waals surface area contributed by atoms with Gasteiger partial charge in [0.1, 0.15) is 6.73 Å². The van der Waals surface area contributed by atoms with E-state index in [1.807, 2.05) is 0 Å². The molecule has 0 heterocycles. The van der Waals surface area contributed by atoms with E-state index in [1.54, 1.807) is 0 Å². The van der Waals surface area contributed by atoms with Gasteiger partial charge in [-0.25, -0.2) is 4.57 Å². The Balaban J connectivity index is 3.29. The smallest absolute Gasteiger partial charge is 0.369 e. The third-order valence-corrected chi connectivity index (χ3v) is 1.10. The lowest BCUT2D eigenvalue weighted by atomic mass is 10.6.